The Bertz CT molecular complexity index is 556. The average molecular weight is 328 g/mol. The van der Waals surface area contributed by atoms with E-state index >= 15 is 0 Å². The third-order valence-corrected chi connectivity index (χ3v) is 6.21. The molecule has 0 unspecified atom stereocenters. The normalized spacial score (nSPS) is 29.8. The summed E-state index contributed by atoms with van der Waals surface area (Å²) in [5.74, 6) is 1.94. The van der Waals surface area contributed by atoms with E-state index in [1.807, 2.05) is 17.0 Å². The van der Waals surface area contributed by atoms with Crippen LogP contribution in [-0.4, -0.2) is 59.6 Å². The molecular weight excluding hydrogens is 300 g/mol. The molecule has 2 aliphatic carbocycles. The van der Waals surface area contributed by atoms with Crippen molar-refractivity contribution in [1.82, 2.24) is 20.1 Å². The number of urea groups is 1. The minimum absolute atomic E-state index is 0.0941. The molecule has 1 aliphatic heterocycles. The van der Waals surface area contributed by atoms with Crippen molar-refractivity contribution in [3.05, 3.63) is 30.1 Å². The van der Waals surface area contributed by atoms with Gasteiger partial charge in [-0.25, -0.2) is 4.79 Å². The highest BCUT2D eigenvalue weighted by atomic mass is 16.2. The van der Waals surface area contributed by atoms with E-state index in [9.17, 15) is 4.79 Å². The Kier molecular flexibility index (Phi) is 4.69. The summed E-state index contributed by atoms with van der Waals surface area (Å²) in [4.78, 5) is 21.0. The smallest absolute Gasteiger partial charge is 0.317 e. The predicted molar refractivity (Wildman–Crippen MR) is 93.7 cm³/mol. The number of hydrogen-bond donors (Lipinski definition) is 1. The van der Waals surface area contributed by atoms with Crippen LogP contribution in [0.3, 0.4) is 0 Å². The summed E-state index contributed by atoms with van der Waals surface area (Å²) in [5, 5.41) is 3.06. The van der Waals surface area contributed by atoms with Crippen molar-refractivity contribution in [2.75, 3.05) is 32.7 Å². The van der Waals surface area contributed by atoms with Gasteiger partial charge >= 0.3 is 6.03 Å². The van der Waals surface area contributed by atoms with Crippen LogP contribution in [0.2, 0.25) is 0 Å². The zero-order valence-electron chi connectivity index (χ0n) is 14.4. The fourth-order valence-electron chi connectivity index (χ4n) is 4.89. The van der Waals surface area contributed by atoms with Crippen molar-refractivity contribution in [2.45, 2.75) is 38.1 Å². The maximum atomic E-state index is 12.3. The lowest BCUT2D eigenvalue weighted by molar-refractivity contribution is 0.0828. The summed E-state index contributed by atoms with van der Waals surface area (Å²) >= 11 is 0. The standard InChI is InChI=1S/C19H28N4O/c24-19(21-8-5-15-3-6-20-7-4-15)23-11-9-22(10-12-23)18-14-16-1-2-17(18)13-16/h3-4,6-7,16-18H,1-2,5,8-14H2,(H,21,24)/t16-,17-,18-/m0/s1. The Morgan fingerprint density at radius 2 is 1.92 bits per heavy atom. The second-order valence-electron chi connectivity index (χ2n) is 7.60. The molecule has 130 valence electrons. The second-order valence-corrected chi connectivity index (χ2v) is 7.60. The van der Waals surface area contributed by atoms with Gasteiger partial charge in [0.15, 0.2) is 0 Å². The highest BCUT2D eigenvalue weighted by Gasteiger charge is 2.42. The summed E-state index contributed by atoms with van der Waals surface area (Å²) in [6.45, 7) is 4.52. The molecule has 2 bridgehead atoms. The topological polar surface area (TPSA) is 48.5 Å². The van der Waals surface area contributed by atoms with E-state index < -0.39 is 0 Å². The first kappa shape index (κ1) is 15.9. The lowest BCUT2D eigenvalue weighted by Gasteiger charge is -2.41. The molecule has 1 saturated heterocycles. The highest BCUT2D eigenvalue weighted by Crippen LogP contribution is 2.46. The second kappa shape index (κ2) is 7.09. The number of rotatable bonds is 4. The van der Waals surface area contributed by atoms with Crippen LogP contribution in [0, 0.1) is 11.8 Å². The molecule has 5 heteroatoms. The van der Waals surface area contributed by atoms with E-state index in [0.717, 1.165) is 50.5 Å². The van der Waals surface area contributed by atoms with Gasteiger partial charge in [0.1, 0.15) is 0 Å². The number of nitrogens with one attached hydrogen (secondary N) is 1. The van der Waals surface area contributed by atoms with Gasteiger partial charge in [0, 0.05) is 51.2 Å². The van der Waals surface area contributed by atoms with Gasteiger partial charge in [-0.1, -0.05) is 6.42 Å². The Balaban J connectivity index is 1.19. The predicted octanol–water partition coefficient (Wildman–Crippen LogP) is 2.14. The van der Waals surface area contributed by atoms with E-state index in [1.165, 1.54) is 31.2 Å². The minimum atomic E-state index is 0.0941. The van der Waals surface area contributed by atoms with E-state index in [0.29, 0.717) is 6.54 Å². The van der Waals surface area contributed by atoms with Crippen LogP contribution in [0.1, 0.15) is 31.2 Å². The minimum Gasteiger partial charge on any atom is -0.338 e. The first-order valence-corrected chi connectivity index (χ1v) is 9.45. The third kappa shape index (κ3) is 3.41. The summed E-state index contributed by atoms with van der Waals surface area (Å²) in [7, 11) is 0. The van der Waals surface area contributed by atoms with Crippen molar-refractivity contribution < 1.29 is 4.79 Å². The summed E-state index contributed by atoms with van der Waals surface area (Å²) in [5.41, 5.74) is 1.21. The first-order chi connectivity index (χ1) is 11.8. The molecule has 1 aromatic heterocycles. The van der Waals surface area contributed by atoms with Gasteiger partial charge in [-0.05, 0) is 55.2 Å². The van der Waals surface area contributed by atoms with Crippen molar-refractivity contribution in [1.29, 1.82) is 0 Å². The molecule has 0 radical (unpaired) electrons. The van der Waals surface area contributed by atoms with Crippen LogP contribution < -0.4 is 5.32 Å². The Morgan fingerprint density at radius 3 is 2.58 bits per heavy atom. The monoisotopic (exact) mass is 328 g/mol. The maximum Gasteiger partial charge on any atom is 0.317 e. The number of aromatic nitrogens is 1. The molecule has 1 aromatic rings. The van der Waals surface area contributed by atoms with Gasteiger partial charge in [-0.3, -0.25) is 9.88 Å². The Morgan fingerprint density at radius 1 is 1.12 bits per heavy atom. The van der Waals surface area contributed by atoms with Crippen LogP contribution in [0.25, 0.3) is 0 Å². The average Bonchev–Trinajstić information content (AvgIpc) is 3.26. The zero-order valence-corrected chi connectivity index (χ0v) is 14.4. The number of nitrogens with zero attached hydrogens (tertiary/aromatic N) is 3. The number of carbonyl (C=O) groups is 1. The first-order valence-electron chi connectivity index (χ1n) is 9.45. The molecule has 2 heterocycles. The van der Waals surface area contributed by atoms with Crippen molar-refractivity contribution >= 4 is 6.03 Å². The molecule has 0 aromatic carbocycles. The Hall–Kier alpha value is -1.62. The summed E-state index contributed by atoms with van der Waals surface area (Å²) < 4.78 is 0. The molecule has 0 spiro atoms. The molecule has 3 atom stereocenters. The van der Waals surface area contributed by atoms with Crippen LogP contribution >= 0.6 is 0 Å². The van der Waals surface area contributed by atoms with Gasteiger partial charge in [0.25, 0.3) is 0 Å². The molecule has 3 aliphatic rings. The van der Waals surface area contributed by atoms with Crippen LogP contribution in [0.4, 0.5) is 4.79 Å². The number of amides is 2. The maximum absolute atomic E-state index is 12.3. The molecule has 4 rings (SSSR count). The number of fused-ring (bicyclic) bond motifs is 2. The number of pyridine rings is 1. The molecule has 24 heavy (non-hydrogen) atoms. The summed E-state index contributed by atoms with van der Waals surface area (Å²) in [6.07, 6.45) is 10.2. The van der Waals surface area contributed by atoms with E-state index in [-0.39, 0.29) is 6.03 Å². The van der Waals surface area contributed by atoms with Crippen LogP contribution in [0.15, 0.2) is 24.5 Å². The van der Waals surface area contributed by atoms with Gasteiger partial charge in [0.2, 0.25) is 0 Å². The molecule has 2 amide bonds. The molecule has 5 nitrogen and oxygen atoms in total. The summed E-state index contributed by atoms with van der Waals surface area (Å²) in [6, 6.07) is 4.90. The number of piperazine rings is 1. The van der Waals surface area contributed by atoms with Gasteiger partial charge in [0.05, 0.1) is 0 Å². The van der Waals surface area contributed by atoms with Gasteiger partial charge in [-0.15, -0.1) is 0 Å². The fourth-order valence-corrected chi connectivity index (χ4v) is 4.89. The largest absolute Gasteiger partial charge is 0.338 e. The quantitative estimate of drug-likeness (QED) is 0.921. The SMILES string of the molecule is O=C(NCCc1ccncc1)N1CCN([C@H]2C[C@H]3CC[C@H]2C3)CC1. The molecule has 1 N–H and O–H groups in total. The lowest BCUT2D eigenvalue weighted by Crippen LogP contribution is -2.55. The third-order valence-electron chi connectivity index (χ3n) is 6.21. The van der Waals surface area contributed by atoms with Crippen LogP contribution in [0.5, 0.6) is 0 Å². The van der Waals surface area contributed by atoms with E-state index in [2.05, 4.69) is 15.2 Å². The molecule has 3 fully saturated rings. The molecular formula is C19H28N4O. The lowest BCUT2D eigenvalue weighted by atomic mass is 9.93. The van der Waals surface area contributed by atoms with E-state index in [4.69, 9.17) is 0 Å². The van der Waals surface area contributed by atoms with Crippen molar-refractivity contribution in [2.24, 2.45) is 11.8 Å². The van der Waals surface area contributed by atoms with Crippen molar-refractivity contribution in [3.8, 4) is 0 Å². The van der Waals surface area contributed by atoms with Crippen LogP contribution in [-0.2, 0) is 6.42 Å². The highest BCUT2D eigenvalue weighted by molar-refractivity contribution is 5.74. The zero-order chi connectivity index (χ0) is 16.4. The van der Waals surface area contributed by atoms with Crippen molar-refractivity contribution in [3.63, 3.8) is 0 Å². The number of carbonyl (C=O) groups excluding carboxylic acids is 1. The fraction of sp³-hybridized carbons (Fsp3) is 0.684. The van der Waals surface area contributed by atoms with E-state index in [1.54, 1.807) is 12.4 Å². The van der Waals surface area contributed by atoms with Gasteiger partial charge in [-0.2, -0.15) is 0 Å². The number of hydrogen-bond acceptors (Lipinski definition) is 3. The Labute approximate surface area is 144 Å². The van der Waals surface area contributed by atoms with Gasteiger partial charge < -0.3 is 10.2 Å². The molecule has 2 saturated carbocycles.